The third-order valence-corrected chi connectivity index (χ3v) is 7.36. The summed E-state index contributed by atoms with van der Waals surface area (Å²) >= 11 is 0. The Morgan fingerprint density at radius 3 is 1.68 bits per heavy atom. The topological polar surface area (TPSA) is 17.8 Å². The lowest BCUT2D eigenvalue weighted by Crippen LogP contribution is -1.97. The summed E-state index contributed by atoms with van der Waals surface area (Å²) in [5.41, 5.74) is 4.12. The lowest BCUT2D eigenvalue weighted by Gasteiger charge is -2.18. The second-order valence-electron chi connectivity index (χ2n) is 9.66. The summed E-state index contributed by atoms with van der Waals surface area (Å²) in [4.78, 5) is 4.91. The number of rotatable bonds is 4. The fraction of sp³-hybridized carbons (Fsp3) is 0. The quantitative estimate of drug-likeness (QED) is 0.206. The van der Waals surface area contributed by atoms with Gasteiger partial charge in [-0.2, -0.15) is 0 Å². The van der Waals surface area contributed by atoms with Crippen molar-refractivity contribution < 1.29 is 13.7 Å². The molecule has 41 heavy (non-hydrogen) atoms. The normalized spacial score (nSPS) is 14.8. The molecule has 0 fully saturated rings. The van der Waals surface area contributed by atoms with Crippen molar-refractivity contribution in [2.45, 2.75) is 0 Å². The maximum atomic E-state index is 8.83. The summed E-state index contributed by atoms with van der Waals surface area (Å²) in [6.07, 6.45) is 0. The van der Waals surface area contributed by atoms with Crippen molar-refractivity contribution >= 4 is 32.6 Å². The van der Waals surface area contributed by atoms with E-state index in [1.54, 1.807) is 10.6 Å². The number of nitrogens with zero attached hydrogens (tertiary/aromatic N) is 2. The monoisotopic (exact) mass is 532 g/mol. The first-order valence-corrected chi connectivity index (χ1v) is 13.2. The first-order chi connectivity index (χ1) is 24.5. The molecule has 1 aromatic heterocycles. The van der Waals surface area contributed by atoms with Crippen molar-refractivity contribution in [3.63, 3.8) is 0 Å². The van der Waals surface area contributed by atoms with Crippen LogP contribution in [0, 0.1) is 0 Å². The van der Waals surface area contributed by atoms with E-state index < -0.39 is 36.3 Å². The van der Waals surface area contributed by atoms with Crippen molar-refractivity contribution in [1.29, 1.82) is 0 Å². The average molecular weight is 533 g/mol. The van der Waals surface area contributed by atoms with Crippen LogP contribution in [0.15, 0.2) is 157 Å². The van der Waals surface area contributed by atoms with Crippen LogP contribution in [0.5, 0.6) is 0 Å². The fourth-order valence-electron chi connectivity index (χ4n) is 5.70. The Morgan fingerprint density at radius 2 is 1.02 bits per heavy atom. The zero-order chi connectivity index (χ0) is 35.9. The third kappa shape index (κ3) is 3.84. The summed E-state index contributed by atoms with van der Waals surface area (Å²) in [5, 5.41) is 3.02. The van der Waals surface area contributed by atoms with Gasteiger partial charge in [-0.1, -0.05) is 127 Å². The molecule has 0 aliphatic rings. The van der Waals surface area contributed by atoms with Crippen LogP contribution in [0.25, 0.3) is 71.9 Å². The molecule has 0 saturated heterocycles. The van der Waals surface area contributed by atoms with Crippen molar-refractivity contribution in [3.8, 4) is 39.3 Å². The molecule has 0 radical (unpaired) electrons. The molecule has 1 heterocycles. The minimum absolute atomic E-state index is 0.00558. The Kier molecular flexibility index (Phi) is 3.60. The lowest BCUT2D eigenvalue weighted by molar-refractivity contribution is 1.10. The van der Waals surface area contributed by atoms with Crippen LogP contribution in [0.1, 0.15) is 13.7 Å². The van der Waals surface area contributed by atoms with Crippen molar-refractivity contribution in [3.05, 3.63) is 157 Å². The van der Waals surface area contributed by atoms with E-state index in [1.807, 2.05) is 91.0 Å². The molecular formula is C39H26N2. The molecule has 0 aliphatic carbocycles. The number of fused-ring (bicyclic) bond motifs is 3. The first kappa shape index (κ1) is 15.4. The Labute approximate surface area is 252 Å². The van der Waals surface area contributed by atoms with E-state index in [1.165, 1.54) is 0 Å². The van der Waals surface area contributed by atoms with Crippen LogP contribution in [0.4, 0.5) is 0 Å². The summed E-state index contributed by atoms with van der Waals surface area (Å²) in [7, 11) is 0. The van der Waals surface area contributed by atoms with Crippen LogP contribution in [0.3, 0.4) is 0 Å². The minimum Gasteiger partial charge on any atom is -0.292 e. The number of hydrogen-bond donors (Lipinski definition) is 0. The zero-order valence-corrected chi connectivity index (χ0v) is 21.6. The van der Waals surface area contributed by atoms with E-state index in [2.05, 4.69) is 0 Å². The molecule has 7 aromatic carbocycles. The molecule has 0 unspecified atom stereocenters. The van der Waals surface area contributed by atoms with Gasteiger partial charge in [-0.25, -0.2) is 4.98 Å². The van der Waals surface area contributed by atoms with Gasteiger partial charge in [0, 0.05) is 11.3 Å². The molecule has 0 aliphatic heterocycles. The maximum Gasteiger partial charge on any atom is 0.145 e. The highest BCUT2D eigenvalue weighted by atomic mass is 15.1. The van der Waals surface area contributed by atoms with Crippen molar-refractivity contribution in [2.75, 3.05) is 0 Å². The van der Waals surface area contributed by atoms with E-state index in [0.29, 0.717) is 38.8 Å². The lowest BCUT2D eigenvalue weighted by atomic mass is 9.86. The maximum absolute atomic E-state index is 8.83. The van der Waals surface area contributed by atoms with Crippen molar-refractivity contribution in [2.24, 2.45) is 0 Å². The van der Waals surface area contributed by atoms with Gasteiger partial charge in [0.1, 0.15) is 5.82 Å². The Bertz CT molecular complexity index is 2660. The Hall–Kier alpha value is -5.47. The number of aromatic nitrogens is 2. The SMILES string of the molecule is [2H]c1c([2H])c([2H])c(-c2c3ccccc3c(-c3cccc(-c4nc5ccccc5n4-c4c([2H])c([2H])c([2H])c([2H])c4[2H])c3)c3ccccc23)c([2H])c1[2H]. The van der Waals surface area contributed by atoms with Crippen LogP contribution in [-0.2, 0) is 0 Å². The summed E-state index contributed by atoms with van der Waals surface area (Å²) in [6.45, 7) is 0. The number of benzene rings is 7. The number of imidazole rings is 1. The van der Waals surface area contributed by atoms with Gasteiger partial charge in [-0.15, -0.1) is 0 Å². The Balaban J connectivity index is 1.44. The highest BCUT2D eigenvalue weighted by Gasteiger charge is 2.18. The molecule has 8 aromatic rings. The van der Waals surface area contributed by atoms with E-state index in [0.717, 1.165) is 21.9 Å². The van der Waals surface area contributed by atoms with Crippen LogP contribution in [-0.4, -0.2) is 9.55 Å². The summed E-state index contributed by atoms with van der Waals surface area (Å²) in [6, 6.07) is 26.2. The van der Waals surface area contributed by atoms with Gasteiger partial charge in [0.05, 0.1) is 24.7 Å². The van der Waals surface area contributed by atoms with Crippen LogP contribution in [0.2, 0.25) is 0 Å². The Morgan fingerprint density at radius 1 is 0.488 bits per heavy atom. The molecule has 0 saturated carbocycles. The van der Waals surface area contributed by atoms with Crippen LogP contribution >= 0.6 is 0 Å². The molecule has 0 N–H and O–H groups in total. The fourth-order valence-corrected chi connectivity index (χ4v) is 5.70. The molecule has 2 nitrogen and oxygen atoms in total. The minimum atomic E-state index is -0.479. The molecule has 2 heteroatoms. The van der Waals surface area contributed by atoms with Gasteiger partial charge in [-0.3, -0.25) is 4.57 Å². The second-order valence-corrected chi connectivity index (χ2v) is 9.66. The van der Waals surface area contributed by atoms with Gasteiger partial charge >= 0.3 is 0 Å². The molecule has 0 amide bonds. The highest BCUT2D eigenvalue weighted by molar-refractivity contribution is 6.21. The standard InChI is InChI=1S/C39H26N2/c1-3-14-27(15-4-1)37-31-20-7-9-22-33(31)38(34-23-10-8-21-32(34)37)28-16-13-17-29(26-28)39-40-35-24-11-12-25-36(35)41(39)30-18-5-2-6-19-30/h1-26H/i1D,2D,3D,4D,5D,6D,14D,15D,18D,19D. The van der Waals surface area contributed by atoms with Gasteiger partial charge in [0.15, 0.2) is 0 Å². The van der Waals surface area contributed by atoms with Gasteiger partial charge in [-0.05, 0) is 74.1 Å². The first-order valence-electron chi connectivity index (χ1n) is 18.2. The van der Waals surface area contributed by atoms with Gasteiger partial charge in [0.2, 0.25) is 0 Å². The number of hydrogen-bond acceptors (Lipinski definition) is 1. The summed E-state index contributed by atoms with van der Waals surface area (Å²) in [5.74, 6) is 0.390. The number of para-hydroxylation sites is 3. The van der Waals surface area contributed by atoms with Crippen LogP contribution < -0.4 is 0 Å². The predicted octanol–water partition coefficient (Wildman–Crippen LogP) is 10.3. The summed E-state index contributed by atoms with van der Waals surface area (Å²) < 4.78 is 86.7. The van der Waals surface area contributed by atoms with E-state index in [9.17, 15) is 0 Å². The van der Waals surface area contributed by atoms with Gasteiger partial charge < -0.3 is 0 Å². The van der Waals surface area contributed by atoms with E-state index in [-0.39, 0.29) is 35.4 Å². The predicted molar refractivity (Wildman–Crippen MR) is 172 cm³/mol. The largest absolute Gasteiger partial charge is 0.292 e. The third-order valence-electron chi connectivity index (χ3n) is 7.36. The molecule has 0 bridgehead atoms. The van der Waals surface area contributed by atoms with Crippen molar-refractivity contribution in [1.82, 2.24) is 9.55 Å². The van der Waals surface area contributed by atoms with E-state index in [4.69, 9.17) is 18.7 Å². The molecule has 192 valence electrons. The average Bonchev–Trinajstić information content (AvgIpc) is 3.54. The zero-order valence-electron chi connectivity index (χ0n) is 31.6. The second kappa shape index (κ2) is 9.62. The van der Waals surface area contributed by atoms with Gasteiger partial charge in [0.25, 0.3) is 0 Å². The van der Waals surface area contributed by atoms with E-state index >= 15 is 0 Å². The smallest absolute Gasteiger partial charge is 0.145 e. The molecule has 8 rings (SSSR count). The molecular weight excluding hydrogens is 496 g/mol. The molecule has 0 spiro atoms. The highest BCUT2D eigenvalue weighted by Crippen LogP contribution is 2.44. The molecule has 0 atom stereocenters.